The molecule has 2 aromatic heterocycles. The zero-order valence-corrected chi connectivity index (χ0v) is 16.3. The number of pyridine rings is 1. The molecule has 1 atom stereocenters. The molecule has 0 spiro atoms. The van der Waals surface area contributed by atoms with Crippen LogP contribution in [-0.2, 0) is 4.79 Å². The Kier molecular flexibility index (Phi) is 7.17. The van der Waals surface area contributed by atoms with E-state index < -0.39 is 0 Å². The van der Waals surface area contributed by atoms with E-state index in [4.69, 9.17) is 0 Å². The van der Waals surface area contributed by atoms with Crippen molar-refractivity contribution in [1.29, 1.82) is 0 Å². The quantitative estimate of drug-likeness (QED) is 0.487. The van der Waals surface area contributed by atoms with Gasteiger partial charge in [0.2, 0.25) is 5.96 Å². The van der Waals surface area contributed by atoms with Crippen LogP contribution in [0.5, 0.6) is 0 Å². The zero-order chi connectivity index (χ0) is 17.9. The third-order valence-corrected chi connectivity index (χ3v) is 4.17. The number of fused-ring (bicyclic) bond motifs is 1. The molecule has 1 aliphatic heterocycles. The summed E-state index contributed by atoms with van der Waals surface area (Å²) in [4.78, 5) is 23.9. The van der Waals surface area contributed by atoms with Crippen LogP contribution in [0.1, 0.15) is 17.2 Å². The average Bonchev–Trinajstić information content (AvgIpc) is 3.24. The van der Waals surface area contributed by atoms with Crippen molar-refractivity contribution in [3.8, 4) is 0 Å². The number of carbonyl (C=O) groups excluding carboxylic acids is 1. The molecule has 0 fully saturated rings. The van der Waals surface area contributed by atoms with E-state index in [9.17, 15) is 9.90 Å². The van der Waals surface area contributed by atoms with Crippen molar-refractivity contribution < 1.29 is 9.90 Å². The van der Waals surface area contributed by atoms with Crippen molar-refractivity contribution in [3.05, 3.63) is 71.7 Å². The Hall–Kier alpha value is -2.87. The third kappa shape index (κ3) is 4.33. The number of aliphatic imine (C=N–C) groups is 1. The second-order valence-electron chi connectivity index (χ2n) is 5.88. The van der Waals surface area contributed by atoms with Crippen LogP contribution in [0, 0.1) is 0 Å². The van der Waals surface area contributed by atoms with Crippen molar-refractivity contribution in [2.24, 2.45) is 4.99 Å². The highest BCUT2D eigenvalue weighted by atomic mass is 35.5. The minimum Gasteiger partial charge on any atom is -0.394 e. The second-order valence-corrected chi connectivity index (χ2v) is 5.88. The summed E-state index contributed by atoms with van der Waals surface area (Å²) in [5, 5.41) is 16.3. The zero-order valence-electron chi connectivity index (χ0n) is 14.6. The van der Waals surface area contributed by atoms with Gasteiger partial charge in [0.05, 0.1) is 12.6 Å². The number of nitrogens with zero attached hydrogens (tertiary/aromatic N) is 2. The maximum atomic E-state index is 12.2. The maximum absolute atomic E-state index is 12.2. The lowest BCUT2D eigenvalue weighted by Crippen LogP contribution is -2.39. The summed E-state index contributed by atoms with van der Waals surface area (Å²) in [6, 6.07) is 12.9. The molecule has 1 aliphatic rings. The number of hydrogen-bond donors (Lipinski definition) is 4. The summed E-state index contributed by atoms with van der Waals surface area (Å²) >= 11 is 0. The molecule has 3 heterocycles. The number of halogens is 2. The number of aliphatic hydroxyl groups is 1. The Bertz CT molecular complexity index is 1020. The summed E-state index contributed by atoms with van der Waals surface area (Å²) in [7, 11) is 0. The smallest absolute Gasteiger partial charge is 0.276 e. The van der Waals surface area contributed by atoms with E-state index in [1.54, 1.807) is 18.5 Å². The van der Waals surface area contributed by atoms with Crippen molar-refractivity contribution in [2.75, 3.05) is 6.61 Å². The van der Waals surface area contributed by atoms with Gasteiger partial charge in [-0.05, 0) is 23.8 Å². The van der Waals surface area contributed by atoms with Gasteiger partial charge in [0.15, 0.2) is 0 Å². The van der Waals surface area contributed by atoms with Crippen LogP contribution in [0.4, 0.5) is 0 Å². The van der Waals surface area contributed by atoms with Gasteiger partial charge in [-0.25, -0.2) is 9.98 Å². The molecule has 0 radical (unpaired) electrons. The summed E-state index contributed by atoms with van der Waals surface area (Å²) in [5.74, 6) is 0.0256. The fourth-order valence-corrected chi connectivity index (χ4v) is 2.87. The number of aromatic amines is 1. The minimum absolute atomic E-state index is 0. The molecule has 28 heavy (non-hydrogen) atoms. The van der Waals surface area contributed by atoms with Gasteiger partial charge < -0.3 is 15.4 Å². The first kappa shape index (κ1) is 21.4. The van der Waals surface area contributed by atoms with E-state index in [0.717, 1.165) is 22.2 Å². The summed E-state index contributed by atoms with van der Waals surface area (Å²) < 4.78 is 0. The number of carbonyl (C=O) groups is 1. The molecule has 0 saturated heterocycles. The molecule has 1 amide bonds. The third-order valence-electron chi connectivity index (χ3n) is 4.17. The first-order chi connectivity index (χ1) is 12.7. The fraction of sp³-hybridized carbons (Fsp3) is 0.105. The summed E-state index contributed by atoms with van der Waals surface area (Å²) in [6.45, 7) is -0.119. The molecule has 4 N–H and O–H groups in total. The number of benzene rings is 1. The van der Waals surface area contributed by atoms with E-state index in [1.165, 1.54) is 0 Å². The van der Waals surface area contributed by atoms with Crippen molar-refractivity contribution in [1.82, 2.24) is 20.6 Å². The molecule has 0 saturated carbocycles. The second kappa shape index (κ2) is 9.36. The van der Waals surface area contributed by atoms with Crippen molar-refractivity contribution >= 4 is 53.8 Å². The molecule has 7 nitrogen and oxygen atoms in total. The molecular weight excluding hydrogens is 401 g/mol. The largest absolute Gasteiger partial charge is 0.394 e. The van der Waals surface area contributed by atoms with Crippen LogP contribution < -0.4 is 10.6 Å². The number of guanidine groups is 1. The SMILES string of the molecule is Cl.Cl.O=C1NC(NC(CO)c2ccccc2)=NC1=Cc1c[nH]c2ncccc12. The highest BCUT2D eigenvalue weighted by Gasteiger charge is 2.23. The summed E-state index contributed by atoms with van der Waals surface area (Å²) in [6.07, 6.45) is 5.21. The van der Waals surface area contributed by atoms with Gasteiger partial charge in [-0.15, -0.1) is 24.8 Å². The number of amides is 1. The van der Waals surface area contributed by atoms with Crippen molar-refractivity contribution in [2.45, 2.75) is 6.04 Å². The van der Waals surface area contributed by atoms with Crippen LogP contribution in [-0.4, -0.2) is 33.5 Å². The van der Waals surface area contributed by atoms with Crippen LogP contribution >= 0.6 is 24.8 Å². The highest BCUT2D eigenvalue weighted by Crippen LogP contribution is 2.20. The molecule has 146 valence electrons. The monoisotopic (exact) mass is 419 g/mol. The molecule has 4 rings (SSSR count). The minimum atomic E-state index is -0.355. The van der Waals surface area contributed by atoms with Gasteiger partial charge in [-0.2, -0.15) is 0 Å². The van der Waals surface area contributed by atoms with E-state index in [2.05, 4.69) is 25.6 Å². The number of nitrogens with one attached hydrogen (secondary N) is 3. The Morgan fingerprint density at radius 2 is 1.93 bits per heavy atom. The van der Waals surface area contributed by atoms with E-state index in [1.807, 2.05) is 42.5 Å². The number of H-pyrrole nitrogens is 1. The van der Waals surface area contributed by atoms with Crippen LogP contribution in [0.3, 0.4) is 0 Å². The molecular formula is C19H19Cl2N5O2. The first-order valence-corrected chi connectivity index (χ1v) is 8.21. The molecule has 0 bridgehead atoms. The Morgan fingerprint density at radius 1 is 1.14 bits per heavy atom. The van der Waals surface area contributed by atoms with E-state index in [0.29, 0.717) is 11.7 Å². The Labute approximate surface area is 173 Å². The van der Waals surface area contributed by atoms with Gasteiger partial charge >= 0.3 is 0 Å². The van der Waals surface area contributed by atoms with Crippen LogP contribution in [0.2, 0.25) is 0 Å². The van der Waals surface area contributed by atoms with Gasteiger partial charge in [0.1, 0.15) is 11.3 Å². The van der Waals surface area contributed by atoms with Gasteiger partial charge in [-0.1, -0.05) is 30.3 Å². The number of hydrogen-bond acceptors (Lipinski definition) is 5. The van der Waals surface area contributed by atoms with Crippen molar-refractivity contribution in [3.63, 3.8) is 0 Å². The molecule has 3 aromatic rings. The lowest BCUT2D eigenvalue weighted by molar-refractivity contribution is -0.115. The Morgan fingerprint density at radius 3 is 2.68 bits per heavy atom. The summed E-state index contributed by atoms with van der Waals surface area (Å²) in [5.41, 5.74) is 2.80. The lowest BCUT2D eigenvalue weighted by Gasteiger charge is -2.17. The first-order valence-electron chi connectivity index (χ1n) is 8.21. The molecule has 1 aromatic carbocycles. The molecule has 1 unspecified atom stereocenters. The number of aromatic nitrogens is 2. The van der Waals surface area contributed by atoms with Crippen LogP contribution in [0.25, 0.3) is 17.1 Å². The highest BCUT2D eigenvalue weighted by molar-refractivity contribution is 6.14. The number of aliphatic hydroxyl groups excluding tert-OH is 1. The van der Waals surface area contributed by atoms with Gasteiger partial charge in [0, 0.05) is 23.3 Å². The normalized spacial score (nSPS) is 15.4. The number of rotatable bonds is 4. The predicted octanol–water partition coefficient (Wildman–Crippen LogP) is 2.56. The lowest BCUT2D eigenvalue weighted by atomic mass is 10.1. The topological polar surface area (TPSA) is 102 Å². The maximum Gasteiger partial charge on any atom is 0.276 e. The fourth-order valence-electron chi connectivity index (χ4n) is 2.87. The standard InChI is InChI=1S/C19H17N5O2.2ClH/c25-11-16(12-5-2-1-3-6-12)23-19-22-15(18(26)24-19)9-13-10-21-17-14(13)7-4-8-20-17;;/h1-10,16,25H,11H2,(H,20,21)(H2,22,23,24,26);2*1H. The predicted molar refractivity (Wildman–Crippen MR) is 114 cm³/mol. The molecule has 0 aliphatic carbocycles. The Balaban J connectivity index is 0.00000140. The average molecular weight is 420 g/mol. The van der Waals surface area contributed by atoms with E-state index in [-0.39, 0.29) is 43.4 Å². The van der Waals surface area contributed by atoms with Crippen LogP contribution in [0.15, 0.2) is 65.5 Å². The molecule has 9 heteroatoms. The van der Waals surface area contributed by atoms with Gasteiger partial charge in [0.25, 0.3) is 5.91 Å². The van der Waals surface area contributed by atoms with Gasteiger partial charge in [-0.3, -0.25) is 10.1 Å². The van der Waals surface area contributed by atoms with E-state index >= 15 is 0 Å².